The second-order valence-electron chi connectivity index (χ2n) is 7.99. The molecule has 0 bridgehead atoms. The molecule has 0 saturated carbocycles. The quantitative estimate of drug-likeness (QED) is 0.262. The van der Waals surface area contributed by atoms with Gasteiger partial charge in [-0.3, -0.25) is 4.79 Å². The third kappa shape index (κ3) is 3.42. The van der Waals surface area contributed by atoms with Crippen LogP contribution in [0.5, 0.6) is 5.75 Å². The van der Waals surface area contributed by atoms with E-state index in [1.807, 2.05) is 54.6 Å². The van der Waals surface area contributed by atoms with Crippen LogP contribution in [0, 0.1) is 0 Å². The number of furan rings is 1. The average Bonchev–Trinajstić information content (AvgIpc) is 3.24. The lowest BCUT2D eigenvalue weighted by Gasteiger charge is -2.11. The summed E-state index contributed by atoms with van der Waals surface area (Å²) < 4.78 is 12.9. The Morgan fingerprint density at radius 3 is 2.26 bits per heavy atom. The van der Waals surface area contributed by atoms with E-state index in [-0.39, 0.29) is 17.8 Å². The summed E-state index contributed by atoms with van der Waals surface area (Å²) in [6, 6.07) is 29.4. The number of hydrogen-bond acceptors (Lipinski definition) is 5. The number of fused-ring (bicyclic) bond motifs is 4. The number of carbonyl (C=O) groups is 1. The highest BCUT2D eigenvalue weighted by molar-refractivity contribution is 6.06. The number of nitrogens with zero attached hydrogens (tertiary/aromatic N) is 2. The fourth-order valence-electron chi connectivity index (χ4n) is 4.17. The zero-order valence-electron chi connectivity index (χ0n) is 18.0. The molecule has 4 aromatic carbocycles. The molecule has 0 unspecified atom stereocenters. The zero-order chi connectivity index (χ0) is 23.1. The summed E-state index contributed by atoms with van der Waals surface area (Å²) in [7, 11) is 0. The lowest BCUT2D eigenvalue weighted by atomic mass is 10.1. The summed E-state index contributed by atoms with van der Waals surface area (Å²) in [6.45, 7) is 0.248. The minimum Gasteiger partial charge on any atom is -0.456 e. The molecule has 2 aromatic heterocycles. The average molecular weight is 446 g/mol. The number of esters is 1. The van der Waals surface area contributed by atoms with E-state index >= 15 is 0 Å². The highest BCUT2D eigenvalue weighted by atomic mass is 16.5. The minimum absolute atomic E-state index is 0.0864. The van der Waals surface area contributed by atoms with E-state index in [2.05, 4.69) is 5.10 Å². The maximum absolute atomic E-state index is 13.3. The first kappa shape index (κ1) is 19.9. The predicted octanol–water partition coefficient (Wildman–Crippen LogP) is 5.56. The van der Waals surface area contributed by atoms with E-state index in [0.29, 0.717) is 22.1 Å². The van der Waals surface area contributed by atoms with Crippen LogP contribution >= 0.6 is 0 Å². The summed E-state index contributed by atoms with van der Waals surface area (Å²) in [6.07, 6.45) is 0. The van der Waals surface area contributed by atoms with Crippen molar-refractivity contribution < 1.29 is 13.9 Å². The molecular formula is C28H18N2O4. The monoisotopic (exact) mass is 446 g/mol. The largest absolute Gasteiger partial charge is 0.456 e. The smallest absolute Gasteiger partial charge is 0.364 e. The third-order valence-corrected chi connectivity index (χ3v) is 5.79. The number of aromatic nitrogens is 2. The van der Waals surface area contributed by atoms with Crippen molar-refractivity contribution in [1.29, 1.82) is 0 Å². The second kappa shape index (κ2) is 8.01. The first-order valence-electron chi connectivity index (χ1n) is 10.8. The topological polar surface area (TPSA) is 74.3 Å². The molecule has 2 heterocycles. The Bertz CT molecular complexity index is 1750. The summed E-state index contributed by atoms with van der Waals surface area (Å²) in [5.74, 6) is -0.263. The summed E-state index contributed by atoms with van der Waals surface area (Å²) >= 11 is 0. The standard InChI is InChI=1S/C28H18N2O4/c31-27-22-12-5-4-11-21(22)26(29-30(27)17-18-8-2-1-3-9-18)28(32)33-19-14-15-25-23(16-19)20-10-6-7-13-24(20)34-25/h1-16H,17H2. The lowest BCUT2D eigenvalue weighted by Crippen LogP contribution is -2.27. The van der Waals surface area contributed by atoms with Gasteiger partial charge in [0.25, 0.3) is 5.56 Å². The molecule has 34 heavy (non-hydrogen) atoms. The van der Waals surface area contributed by atoms with Gasteiger partial charge in [-0.1, -0.05) is 66.7 Å². The zero-order valence-corrected chi connectivity index (χ0v) is 18.0. The van der Waals surface area contributed by atoms with Crippen molar-refractivity contribution in [2.75, 3.05) is 0 Å². The minimum atomic E-state index is -0.634. The molecule has 164 valence electrons. The molecule has 0 aliphatic heterocycles. The Kier molecular flexibility index (Phi) is 4.70. The first-order valence-corrected chi connectivity index (χ1v) is 10.8. The lowest BCUT2D eigenvalue weighted by molar-refractivity contribution is 0.0728. The fourth-order valence-corrected chi connectivity index (χ4v) is 4.17. The van der Waals surface area contributed by atoms with Gasteiger partial charge in [-0.05, 0) is 35.9 Å². The third-order valence-electron chi connectivity index (χ3n) is 5.79. The van der Waals surface area contributed by atoms with Crippen molar-refractivity contribution in [2.45, 2.75) is 6.54 Å². The van der Waals surface area contributed by atoms with Crippen LogP contribution in [-0.4, -0.2) is 15.7 Å². The van der Waals surface area contributed by atoms with E-state index in [1.165, 1.54) is 4.68 Å². The first-order chi connectivity index (χ1) is 16.7. The van der Waals surface area contributed by atoms with Crippen LogP contribution in [0.4, 0.5) is 0 Å². The van der Waals surface area contributed by atoms with Crippen molar-refractivity contribution in [2.24, 2.45) is 0 Å². The van der Waals surface area contributed by atoms with Gasteiger partial charge in [0.1, 0.15) is 16.9 Å². The van der Waals surface area contributed by atoms with Crippen molar-refractivity contribution in [3.8, 4) is 5.75 Å². The molecule has 6 rings (SSSR count). The Balaban J connectivity index is 1.42. The van der Waals surface area contributed by atoms with E-state index in [1.54, 1.807) is 42.5 Å². The van der Waals surface area contributed by atoms with Crippen molar-refractivity contribution >= 4 is 38.7 Å². The van der Waals surface area contributed by atoms with Gasteiger partial charge >= 0.3 is 5.97 Å². The molecule has 6 heteroatoms. The van der Waals surface area contributed by atoms with E-state index in [0.717, 1.165) is 21.9 Å². The molecule has 6 nitrogen and oxygen atoms in total. The summed E-state index contributed by atoms with van der Waals surface area (Å²) in [5, 5.41) is 7.07. The number of rotatable bonds is 4. The summed E-state index contributed by atoms with van der Waals surface area (Å²) in [4.78, 5) is 26.3. The van der Waals surface area contributed by atoms with Gasteiger partial charge < -0.3 is 9.15 Å². The predicted molar refractivity (Wildman–Crippen MR) is 130 cm³/mol. The van der Waals surface area contributed by atoms with Crippen LogP contribution < -0.4 is 10.3 Å². The van der Waals surface area contributed by atoms with E-state index in [9.17, 15) is 9.59 Å². The molecular weight excluding hydrogens is 428 g/mol. The highest BCUT2D eigenvalue weighted by Crippen LogP contribution is 2.31. The molecule has 0 saturated heterocycles. The van der Waals surface area contributed by atoms with Gasteiger partial charge in [-0.15, -0.1) is 0 Å². The maximum atomic E-state index is 13.3. The van der Waals surface area contributed by atoms with Crippen LogP contribution in [0.1, 0.15) is 16.1 Å². The van der Waals surface area contributed by atoms with Crippen molar-refractivity contribution in [3.63, 3.8) is 0 Å². The maximum Gasteiger partial charge on any atom is 0.364 e. The number of hydrogen-bond donors (Lipinski definition) is 0. The highest BCUT2D eigenvalue weighted by Gasteiger charge is 2.19. The molecule has 0 spiro atoms. The van der Waals surface area contributed by atoms with E-state index < -0.39 is 5.97 Å². The van der Waals surface area contributed by atoms with Gasteiger partial charge in [-0.25, -0.2) is 9.48 Å². The van der Waals surface area contributed by atoms with Crippen molar-refractivity contribution in [3.05, 3.63) is 119 Å². The van der Waals surface area contributed by atoms with Crippen LogP contribution in [0.3, 0.4) is 0 Å². The molecule has 0 aliphatic carbocycles. The Labute approximate surface area is 193 Å². The number of carbonyl (C=O) groups excluding carboxylic acids is 1. The van der Waals surface area contributed by atoms with Gasteiger partial charge in [0.05, 0.1) is 11.9 Å². The Hall–Kier alpha value is -4.71. The van der Waals surface area contributed by atoms with Crippen LogP contribution in [0.15, 0.2) is 106 Å². The molecule has 0 fully saturated rings. The van der Waals surface area contributed by atoms with Crippen molar-refractivity contribution in [1.82, 2.24) is 9.78 Å². The molecule has 0 atom stereocenters. The molecule has 6 aromatic rings. The number of para-hydroxylation sites is 1. The van der Waals surface area contributed by atoms with E-state index in [4.69, 9.17) is 9.15 Å². The van der Waals surface area contributed by atoms with Crippen LogP contribution in [0.2, 0.25) is 0 Å². The normalized spacial score (nSPS) is 11.3. The number of ether oxygens (including phenoxy) is 1. The van der Waals surface area contributed by atoms with Gasteiger partial charge in [-0.2, -0.15) is 5.10 Å². The van der Waals surface area contributed by atoms with Gasteiger partial charge in [0.15, 0.2) is 5.69 Å². The van der Waals surface area contributed by atoms with Crippen LogP contribution in [0.25, 0.3) is 32.7 Å². The molecule has 0 radical (unpaired) electrons. The SMILES string of the molecule is O=C(Oc1ccc2oc3ccccc3c2c1)c1nn(Cc2ccccc2)c(=O)c2ccccc12. The molecule has 0 amide bonds. The Morgan fingerprint density at radius 2 is 1.44 bits per heavy atom. The van der Waals surface area contributed by atoms with Crippen LogP contribution in [-0.2, 0) is 6.54 Å². The Morgan fingerprint density at radius 1 is 0.765 bits per heavy atom. The molecule has 0 aliphatic rings. The number of benzene rings is 4. The van der Waals surface area contributed by atoms with Gasteiger partial charge in [0, 0.05) is 16.2 Å². The molecule has 0 N–H and O–H groups in total. The summed E-state index contributed by atoms with van der Waals surface area (Å²) in [5.41, 5.74) is 2.21. The van der Waals surface area contributed by atoms with Gasteiger partial charge in [0.2, 0.25) is 0 Å². The fraction of sp³-hybridized carbons (Fsp3) is 0.0357. The second-order valence-corrected chi connectivity index (χ2v) is 7.99.